The molecule has 0 aromatic carbocycles. The van der Waals surface area contributed by atoms with Gasteiger partial charge in [-0.1, -0.05) is 64.0 Å². The number of hydrogen-bond acceptors (Lipinski definition) is 1. The van der Waals surface area contributed by atoms with Gasteiger partial charge in [0.05, 0.1) is 6.10 Å². The van der Waals surface area contributed by atoms with Crippen molar-refractivity contribution in [3.05, 3.63) is 33.0 Å². The van der Waals surface area contributed by atoms with E-state index < -0.39 is 8.32 Å². The molecule has 0 aliphatic rings. The van der Waals surface area contributed by atoms with Gasteiger partial charge in [-0.3, -0.25) is 0 Å². The molecule has 0 aliphatic heterocycles. The first-order valence-corrected chi connectivity index (χ1v) is 12.7. The summed E-state index contributed by atoms with van der Waals surface area (Å²) in [6, 6.07) is 0. The highest BCUT2D eigenvalue weighted by Gasteiger charge is 2.39. The van der Waals surface area contributed by atoms with Crippen molar-refractivity contribution in [2.24, 2.45) is 5.92 Å². The van der Waals surface area contributed by atoms with E-state index in [1.807, 2.05) is 0 Å². The second kappa shape index (κ2) is 9.57. The zero-order valence-electron chi connectivity index (χ0n) is 16.9. The first-order chi connectivity index (χ1) is 10.3. The Labute approximate surface area is 159 Å². The van der Waals surface area contributed by atoms with Crippen molar-refractivity contribution in [2.75, 3.05) is 0 Å². The van der Waals surface area contributed by atoms with Crippen LogP contribution in [0.2, 0.25) is 18.1 Å². The van der Waals surface area contributed by atoms with Crippen LogP contribution in [-0.4, -0.2) is 14.4 Å². The highest BCUT2D eigenvalue weighted by atomic mass is 127. The fourth-order valence-electron chi connectivity index (χ4n) is 2.40. The van der Waals surface area contributed by atoms with Gasteiger partial charge in [-0.25, -0.2) is 0 Å². The maximum absolute atomic E-state index is 6.64. The third-order valence-corrected chi connectivity index (χ3v) is 9.46. The van der Waals surface area contributed by atoms with Gasteiger partial charge in [-0.2, -0.15) is 0 Å². The Bertz CT molecular complexity index is 463. The lowest BCUT2D eigenvalue weighted by Crippen LogP contribution is -2.45. The zero-order chi connectivity index (χ0) is 18.4. The van der Waals surface area contributed by atoms with Crippen LogP contribution in [0.4, 0.5) is 0 Å². The summed E-state index contributed by atoms with van der Waals surface area (Å²) in [6.45, 7) is 22.6. The number of allylic oxidation sites excluding steroid dienone is 5. The van der Waals surface area contributed by atoms with Crippen molar-refractivity contribution in [3.8, 4) is 0 Å². The van der Waals surface area contributed by atoms with E-state index in [1.54, 1.807) is 0 Å². The smallest absolute Gasteiger partial charge is 0.192 e. The van der Waals surface area contributed by atoms with Crippen LogP contribution in [0.5, 0.6) is 0 Å². The molecule has 1 nitrogen and oxygen atoms in total. The molecule has 134 valence electrons. The summed E-state index contributed by atoms with van der Waals surface area (Å²) in [6.07, 6.45) is 8.21. The minimum absolute atomic E-state index is 0.262. The number of rotatable bonds is 7. The van der Waals surface area contributed by atoms with Crippen LogP contribution >= 0.6 is 22.6 Å². The van der Waals surface area contributed by atoms with E-state index in [0.717, 1.165) is 6.42 Å². The van der Waals surface area contributed by atoms with E-state index in [0.29, 0.717) is 12.0 Å². The summed E-state index contributed by atoms with van der Waals surface area (Å²) in [5, 5.41) is 0.262. The lowest BCUT2D eigenvalue weighted by atomic mass is 9.99. The second-order valence-corrected chi connectivity index (χ2v) is 14.7. The molecule has 0 fully saturated rings. The van der Waals surface area contributed by atoms with Gasteiger partial charge in [0.15, 0.2) is 8.32 Å². The van der Waals surface area contributed by atoms with Crippen molar-refractivity contribution in [1.29, 1.82) is 0 Å². The van der Waals surface area contributed by atoms with Gasteiger partial charge < -0.3 is 4.43 Å². The molecule has 0 N–H and O–H groups in total. The molecule has 0 rings (SSSR count). The summed E-state index contributed by atoms with van der Waals surface area (Å²) >= 11 is 2.35. The summed E-state index contributed by atoms with van der Waals surface area (Å²) < 4.78 is 7.95. The van der Waals surface area contributed by atoms with Crippen LogP contribution in [0.1, 0.15) is 61.8 Å². The largest absolute Gasteiger partial charge is 0.413 e. The van der Waals surface area contributed by atoms with Crippen LogP contribution in [0.3, 0.4) is 0 Å². The lowest BCUT2D eigenvalue weighted by Gasteiger charge is -2.40. The van der Waals surface area contributed by atoms with Gasteiger partial charge >= 0.3 is 0 Å². The third-order valence-electron chi connectivity index (χ3n) is 4.65. The molecule has 0 amide bonds. The molecule has 0 aliphatic carbocycles. The highest BCUT2D eigenvalue weighted by molar-refractivity contribution is 14.1. The van der Waals surface area contributed by atoms with Crippen LogP contribution in [0.25, 0.3) is 0 Å². The quantitative estimate of drug-likeness (QED) is 0.221. The Morgan fingerprint density at radius 2 is 1.61 bits per heavy atom. The van der Waals surface area contributed by atoms with Crippen LogP contribution < -0.4 is 0 Å². The fourth-order valence-corrected chi connectivity index (χ4v) is 4.39. The Balaban J connectivity index is 5.14. The fraction of sp³-hybridized carbons (Fsp3) is 0.700. The highest BCUT2D eigenvalue weighted by Crippen LogP contribution is 2.38. The predicted octanol–water partition coefficient (Wildman–Crippen LogP) is 7.65. The van der Waals surface area contributed by atoms with E-state index in [4.69, 9.17) is 4.43 Å². The Morgan fingerprint density at radius 3 is 2.00 bits per heavy atom. The normalized spacial score (nSPS) is 18.1. The summed E-state index contributed by atoms with van der Waals surface area (Å²) in [5.41, 5.74) is 2.62. The number of hydrogen-bond donors (Lipinski definition) is 0. The van der Waals surface area contributed by atoms with Crippen molar-refractivity contribution >= 4 is 30.9 Å². The van der Waals surface area contributed by atoms with Gasteiger partial charge in [-0.05, 0) is 77.4 Å². The molecular weight excluding hydrogens is 411 g/mol. The molecule has 0 spiro atoms. The second-order valence-electron chi connectivity index (χ2n) is 8.21. The average molecular weight is 449 g/mol. The van der Waals surface area contributed by atoms with Crippen molar-refractivity contribution in [3.63, 3.8) is 0 Å². The van der Waals surface area contributed by atoms with Gasteiger partial charge in [0.25, 0.3) is 0 Å². The molecule has 0 saturated heterocycles. The van der Waals surface area contributed by atoms with Crippen molar-refractivity contribution < 1.29 is 4.43 Å². The van der Waals surface area contributed by atoms with E-state index in [2.05, 4.69) is 109 Å². The zero-order valence-corrected chi connectivity index (χ0v) is 20.0. The Morgan fingerprint density at radius 1 is 1.09 bits per heavy atom. The molecule has 0 saturated carbocycles. The molecule has 3 heteroatoms. The molecule has 0 bridgehead atoms. The predicted molar refractivity (Wildman–Crippen MR) is 117 cm³/mol. The van der Waals surface area contributed by atoms with Gasteiger partial charge in [-0.15, -0.1) is 0 Å². The maximum atomic E-state index is 6.64. The molecule has 2 atom stereocenters. The number of halogens is 1. The summed E-state index contributed by atoms with van der Waals surface area (Å²) in [7, 11) is -1.71. The van der Waals surface area contributed by atoms with E-state index in [1.165, 1.54) is 14.7 Å². The standard InChI is InChI=1S/C20H37IOSi/c1-11-19(22-23(9,10)20(6,7)8)17(4)13-15(2)12-16(3)14-18(5)21/h12-14,17,19H,11H2,1-10H3/b15-13+,16-12+,18-14-/t17-,19-/m1/s1. The van der Waals surface area contributed by atoms with Crippen LogP contribution in [0, 0.1) is 5.92 Å². The van der Waals surface area contributed by atoms with Crippen molar-refractivity contribution in [1.82, 2.24) is 0 Å². The average Bonchev–Trinajstić information content (AvgIpc) is 2.32. The SMILES string of the molecule is CC[C@@H](O[Si](C)(C)C(C)(C)C)[C@H](C)/C=C(C)/C=C(C)/C=C(/C)I. The van der Waals surface area contributed by atoms with Gasteiger partial charge in [0, 0.05) is 0 Å². The topological polar surface area (TPSA) is 9.23 Å². The first-order valence-electron chi connectivity index (χ1n) is 8.68. The molecule has 0 radical (unpaired) electrons. The lowest BCUT2D eigenvalue weighted by molar-refractivity contribution is 0.141. The molecule has 23 heavy (non-hydrogen) atoms. The summed E-state index contributed by atoms with van der Waals surface area (Å²) in [4.78, 5) is 0. The Hall–Kier alpha value is 0.127. The minimum atomic E-state index is -1.71. The first kappa shape index (κ1) is 23.1. The molecule has 0 aromatic rings. The van der Waals surface area contributed by atoms with Crippen LogP contribution in [0.15, 0.2) is 33.0 Å². The van der Waals surface area contributed by atoms with Crippen molar-refractivity contribution in [2.45, 2.75) is 86.0 Å². The third kappa shape index (κ3) is 8.68. The molecule has 0 heterocycles. The molecule has 0 unspecified atom stereocenters. The van der Waals surface area contributed by atoms with Gasteiger partial charge in [0.1, 0.15) is 0 Å². The van der Waals surface area contributed by atoms with E-state index in [-0.39, 0.29) is 5.04 Å². The van der Waals surface area contributed by atoms with E-state index in [9.17, 15) is 0 Å². The Kier molecular flexibility index (Phi) is 9.62. The summed E-state index contributed by atoms with van der Waals surface area (Å²) in [5.74, 6) is 0.433. The van der Waals surface area contributed by atoms with Gasteiger partial charge in [0.2, 0.25) is 0 Å². The molecule has 0 aromatic heterocycles. The molecular formula is C20H37IOSi. The monoisotopic (exact) mass is 448 g/mol. The van der Waals surface area contributed by atoms with E-state index >= 15 is 0 Å². The van der Waals surface area contributed by atoms with Crippen LogP contribution in [-0.2, 0) is 4.43 Å². The maximum Gasteiger partial charge on any atom is 0.192 e. The minimum Gasteiger partial charge on any atom is -0.413 e.